The number of benzene rings is 2. The highest BCUT2D eigenvalue weighted by Gasteiger charge is 2.31. The predicted octanol–water partition coefficient (Wildman–Crippen LogP) is 3.80. The van der Waals surface area contributed by atoms with Crippen LogP contribution in [0.25, 0.3) is 0 Å². The molecule has 1 aliphatic heterocycles. The molecule has 0 saturated carbocycles. The number of amides is 1. The largest absolute Gasteiger partial charge is 0.319 e. The molecule has 0 aliphatic carbocycles. The van der Waals surface area contributed by atoms with Crippen molar-refractivity contribution in [2.75, 3.05) is 31.5 Å². The van der Waals surface area contributed by atoms with Gasteiger partial charge in [0.25, 0.3) is 5.69 Å². The average Bonchev–Trinajstić information content (AvgIpc) is 2.83. The maximum absolute atomic E-state index is 13.4. The molecule has 1 saturated heterocycles. The molecule has 1 amide bonds. The summed E-state index contributed by atoms with van der Waals surface area (Å²) in [5, 5.41) is 14.3. The van der Waals surface area contributed by atoms with E-state index in [1.54, 1.807) is 31.5 Å². The number of hydrogen-bond donors (Lipinski definition) is 1. The van der Waals surface area contributed by atoms with Crippen LogP contribution in [-0.2, 0) is 11.3 Å². The number of carbonyl (C=O) groups is 1. The van der Waals surface area contributed by atoms with Crippen LogP contribution in [0.15, 0.2) is 73.1 Å². The van der Waals surface area contributed by atoms with Gasteiger partial charge in [0, 0.05) is 51.2 Å². The van der Waals surface area contributed by atoms with Crippen molar-refractivity contribution in [2.24, 2.45) is 0 Å². The van der Waals surface area contributed by atoms with E-state index >= 15 is 0 Å². The smallest absolute Gasteiger partial charge is 0.293 e. The van der Waals surface area contributed by atoms with Gasteiger partial charge in [-0.1, -0.05) is 36.4 Å². The zero-order valence-electron chi connectivity index (χ0n) is 18.6. The van der Waals surface area contributed by atoms with E-state index in [9.17, 15) is 14.9 Å². The summed E-state index contributed by atoms with van der Waals surface area (Å²) in [7, 11) is 0. The molecule has 1 N–H and O–H groups in total. The summed E-state index contributed by atoms with van der Waals surface area (Å²) >= 11 is 0. The number of nitrogens with zero attached hydrogens (tertiary/aromatic N) is 4. The van der Waals surface area contributed by atoms with Gasteiger partial charge in [0.2, 0.25) is 5.91 Å². The van der Waals surface area contributed by atoms with Crippen molar-refractivity contribution in [2.45, 2.75) is 19.5 Å². The summed E-state index contributed by atoms with van der Waals surface area (Å²) in [6, 6.07) is 17.9. The summed E-state index contributed by atoms with van der Waals surface area (Å²) in [4.78, 5) is 33.1. The van der Waals surface area contributed by atoms with Crippen LogP contribution in [0.3, 0.4) is 0 Å². The minimum absolute atomic E-state index is 0.0997. The number of anilines is 1. The molecule has 2 heterocycles. The summed E-state index contributed by atoms with van der Waals surface area (Å²) in [5.74, 6) is -0.268. The first-order chi connectivity index (χ1) is 16.0. The second-order valence-corrected chi connectivity index (χ2v) is 8.25. The molecule has 1 aliphatic rings. The van der Waals surface area contributed by atoms with Crippen molar-refractivity contribution >= 4 is 17.3 Å². The normalized spacial score (nSPS) is 15.7. The highest BCUT2D eigenvalue weighted by Crippen LogP contribution is 2.29. The molecular formula is C25H27N5O3. The van der Waals surface area contributed by atoms with Gasteiger partial charge < -0.3 is 5.32 Å². The Morgan fingerprint density at radius 2 is 1.76 bits per heavy atom. The Morgan fingerprint density at radius 3 is 2.42 bits per heavy atom. The number of nitro benzene ring substituents is 1. The van der Waals surface area contributed by atoms with Crippen molar-refractivity contribution in [1.29, 1.82) is 0 Å². The third-order valence-corrected chi connectivity index (χ3v) is 5.90. The van der Waals surface area contributed by atoms with E-state index in [2.05, 4.69) is 20.1 Å². The van der Waals surface area contributed by atoms with Crippen molar-refractivity contribution in [3.05, 3.63) is 99.9 Å². The van der Waals surface area contributed by atoms with Crippen LogP contribution in [0.5, 0.6) is 0 Å². The third kappa shape index (κ3) is 5.60. The standard InChI is InChI=1S/C25H27N5O3/c1-19-7-8-22(23(17-19)30(32)33)27-25(31)24(21-5-3-2-4-6-21)29-15-13-28(14-16-29)18-20-9-11-26-12-10-20/h2-12,17,24H,13-16,18H2,1H3,(H,27,31). The van der Waals surface area contributed by atoms with E-state index in [1.165, 1.54) is 11.6 Å². The molecule has 0 spiro atoms. The lowest BCUT2D eigenvalue weighted by Gasteiger charge is -2.38. The van der Waals surface area contributed by atoms with Crippen LogP contribution in [0.2, 0.25) is 0 Å². The molecule has 0 bridgehead atoms. The zero-order valence-corrected chi connectivity index (χ0v) is 18.6. The van der Waals surface area contributed by atoms with E-state index in [-0.39, 0.29) is 17.3 Å². The number of pyridine rings is 1. The third-order valence-electron chi connectivity index (χ3n) is 5.90. The molecule has 8 nitrogen and oxygen atoms in total. The Kier molecular flexibility index (Phi) is 7.07. The summed E-state index contributed by atoms with van der Waals surface area (Å²) < 4.78 is 0. The van der Waals surface area contributed by atoms with E-state index in [4.69, 9.17) is 0 Å². The van der Waals surface area contributed by atoms with Crippen LogP contribution in [0, 0.1) is 17.0 Å². The highest BCUT2D eigenvalue weighted by molar-refractivity contribution is 5.97. The van der Waals surface area contributed by atoms with Crippen LogP contribution in [-0.4, -0.2) is 51.8 Å². The van der Waals surface area contributed by atoms with Crippen LogP contribution in [0.4, 0.5) is 11.4 Å². The Bertz CT molecular complexity index is 1100. The quantitative estimate of drug-likeness (QED) is 0.439. The first-order valence-corrected chi connectivity index (χ1v) is 11.0. The Labute approximate surface area is 193 Å². The van der Waals surface area contributed by atoms with Gasteiger partial charge in [-0.25, -0.2) is 0 Å². The molecule has 1 aromatic heterocycles. The van der Waals surface area contributed by atoms with Crippen LogP contribution < -0.4 is 5.32 Å². The van der Waals surface area contributed by atoms with Gasteiger partial charge in [-0.3, -0.25) is 29.7 Å². The van der Waals surface area contributed by atoms with Crippen molar-refractivity contribution in [3.63, 3.8) is 0 Å². The second kappa shape index (κ2) is 10.3. The molecule has 1 fully saturated rings. The van der Waals surface area contributed by atoms with Gasteiger partial charge >= 0.3 is 0 Å². The fraction of sp³-hybridized carbons (Fsp3) is 0.280. The first-order valence-electron chi connectivity index (χ1n) is 11.0. The fourth-order valence-electron chi connectivity index (χ4n) is 4.19. The highest BCUT2D eigenvalue weighted by atomic mass is 16.6. The summed E-state index contributed by atoms with van der Waals surface area (Å²) in [5.41, 5.74) is 2.96. The van der Waals surface area contributed by atoms with Crippen molar-refractivity contribution in [3.8, 4) is 0 Å². The lowest BCUT2D eigenvalue weighted by Crippen LogP contribution is -2.49. The van der Waals surface area contributed by atoms with Gasteiger partial charge in [0.05, 0.1) is 4.92 Å². The van der Waals surface area contributed by atoms with Crippen LogP contribution in [0.1, 0.15) is 22.7 Å². The second-order valence-electron chi connectivity index (χ2n) is 8.25. The molecular weight excluding hydrogens is 418 g/mol. The van der Waals surface area contributed by atoms with Gasteiger partial charge in [0.15, 0.2) is 0 Å². The number of aryl methyl sites for hydroxylation is 1. The lowest BCUT2D eigenvalue weighted by atomic mass is 10.0. The van der Waals surface area contributed by atoms with E-state index in [1.807, 2.05) is 42.5 Å². The van der Waals surface area contributed by atoms with E-state index in [0.717, 1.165) is 30.8 Å². The van der Waals surface area contributed by atoms with Crippen LogP contribution >= 0.6 is 0 Å². The number of rotatable bonds is 7. The predicted molar refractivity (Wildman–Crippen MR) is 127 cm³/mol. The molecule has 33 heavy (non-hydrogen) atoms. The average molecular weight is 446 g/mol. The first kappa shape index (κ1) is 22.6. The Morgan fingerprint density at radius 1 is 1.06 bits per heavy atom. The molecule has 3 aromatic rings. The molecule has 0 radical (unpaired) electrons. The SMILES string of the molecule is Cc1ccc(NC(=O)C(c2ccccc2)N2CCN(Cc3ccncc3)CC2)c([N+](=O)[O-])c1. The number of nitrogens with one attached hydrogen (secondary N) is 1. The number of aromatic nitrogens is 1. The minimum Gasteiger partial charge on any atom is -0.319 e. The van der Waals surface area contributed by atoms with Gasteiger partial charge in [-0.15, -0.1) is 0 Å². The maximum Gasteiger partial charge on any atom is 0.293 e. The lowest BCUT2D eigenvalue weighted by molar-refractivity contribution is -0.384. The van der Waals surface area contributed by atoms with E-state index < -0.39 is 11.0 Å². The number of carbonyl (C=O) groups excluding carboxylic acids is 1. The zero-order chi connectivity index (χ0) is 23.2. The number of hydrogen-bond acceptors (Lipinski definition) is 6. The molecule has 170 valence electrons. The Balaban J connectivity index is 1.51. The maximum atomic E-state index is 13.4. The van der Waals surface area contributed by atoms with Gasteiger partial charge in [-0.2, -0.15) is 0 Å². The molecule has 8 heteroatoms. The van der Waals surface area contributed by atoms with E-state index in [0.29, 0.717) is 13.1 Å². The topological polar surface area (TPSA) is 91.6 Å². The fourth-order valence-corrected chi connectivity index (χ4v) is 4.19. The molecule has 2 aromatic carbocycles. The molecule has 1 unspecified atom stereocenters. The summed E-state index contributed by atoms with van der Waals surface area (Å²) in [6.07, 6.45) is 3.59. The molecule has 1 atom stereocenters. The van der Waals surface area contributed by atoms with Gasteiger partial charge in [0.1, 0.15) is 11.7 Å². The van der Waals surface area contributed by atoms with Gasteiger partial charge in [-0.05, 0) is 41.8 Å². The van der Waals surface area contributed by atoms with Crippen molar-refractivity contribution < 1.29 is 9.72 Å². The summed E-state index contributed by atoms with van der Waals surface area (Å²) in [6.45, 7) is 5.71. The number of nitro groups is 1. The number of piperazine rings is 1. The molecule has 4 rings (SSSR count). The Hall–Kier alpha value is -3.62. The monoisotopic (exact) mass is 445 g/mol. The van der Waals surface area contributed by atoms with Crippen molar-refractivity contribution in [1.82, 2.24) is 14.8 Å². The minimum atomic E-state index is -0.532.